The first-order valence-electron chi connectivity index (χ1n) is 6.60. The highest BCUT2D eigenvalue weighted by atomic mass is 15.2. The molecule has 1 unspecified atom stereocenters. The zero-order valence-electron chi connectivity index (χ0n) is 10.3. The lowest BCUT2D eigenvalue weighted by Gasteiger charge is -2.29. The Morgan fingerprint density at radius 3 is 2.50 bits per heavy atom. The summed E-state index contributed by atoms with van der Waals surface area (Å²) in [4.78, 5) is 1.76. The van der Waals surface area contributed by atoms with Crippen LogP contribution in [0.25, 0.3) is 0 Å². The van der Waals surface area contributed by atoms with Gasteiger partial charge in [-0.15, -0.1) is 0 Å². The fourth-order valence-electron chi connectivity index (χ4n) is 2.75. The third-order valence-corrected chi connectivity index (χ3v) is 3.74. The highest BCUT2D eigenvalue weighted by molar-refractivity contribution is 5.13. The van der Waals surface area contributed by atoms with Crippen molar-refractivity contribution >= 4 is 0 Å². The van der Waals surface area contributed by atoms with Crippen molar-refractivity contribution < 1.29 is 10.2 Å². The van der Waals surface area contributed by atoms with Crippen molar-refractivity contribution in [1.82, 2.24) is 0 Å². The Balaban J connectivity index is 1.94. The summed E-state index contributed by atoms with van der Waals surface area (Å²) < 4.78 is 0. The van der Waals surface area contributed by atoms with Gasteiger partial charge in [-0.3, -0.25) is 0 Å². The van der Waals surface area contributed by atoms with Gasteiger partial charge in [-0.05, 0) is 6.92 Å². The molecule has 1 heterocycles. The Bertz CT molecular complexity index is 291. The molecule has 1 atom stereocenters. The molecule has 1 aliphatic rings. The van der Waals surface area contributed by atoms with Crippen LogP contribution in [0.2, 0.25) is 0 Å². The van der Waals surface area contributed by atoms with E-state index < -0.39 is 0 Å². The summed E-state index contributed by atoms with van der Waals surface area (Å²) in [5.41, 5.74) is 1.48. The maximum atomic E-state index is 2.45. The van der Waals surface area contributed by atoms with E-state index in [1.54, 1.807) is 4.90 Å². The Labute approximate surface area is 98.7 Å². The van der Waals surface area contributed by atoms with Crippen LogP contribution in [0.15, 0.2) is 30.3 Å². The third kappa shape index (κ3) is 3.06. The number of piperidine rings is 1. The Morgan fingerprint density at radius 1 is 1.19 bits per heavy atom. The molecular weight excluding hydrogens is 196 g/mol. The lowest BCUT2D eigenvalue weighted by atomic mass is 10.0. The zero-order chi connectivity index (χ0) is 11.2. The molecule has 0 bridgehead atoms. The second-order valence-corrected chi connectivity index (χ2v) is 4.81. The van der Waals surface area contributed by atoms with Crippen LogP contribution in [0.4, 0.5) is 0 Å². The van der Waals surface area contributed by atoms with E-state index in [0.717, 1.165) is 6.04 Å². The third-order valence-electron chi connectivity index (χ3n) is 3.74. The largest absolute Gasteiger partial charge is 0.346 e. The van der Waals surface area contributed by atoms with Crippen LogP contribution in [-0.2, 0) is 6.54 Å². The first-order chi connectivity index (χ1) is 7.90. The molecule has 2 heteroatoms. The first kappa shape index (κ1) is 11.6. The van der Waals surface area contributed by atoms with E-state index in [9.17, 15) is 0 Å². The van der Waals surface area contributed by atoms with E-state index in [1.165, 1.54) is 44.6 Å². The van der Waals surface area contributed by atoms with E-state index in [2.05, 4.69) is 42.6 Å². The molecule has 0 aromatic heterocycles. The lowest BCUT2D eigenvalue weighted by Crippen LogP contribution is -3.15. The summed E-state index contributed by atoms with van der Waals surface area (Å²) in [6.07, 6.45) is 2.77. The predicted molar refractivity (Wildman–Crippen MR) is 66.3 cm³/mol. The van der Waals surface area contributed by atoms with Gasteiger partial charge in [0, 0.05) is 18.4 Å². The smallest absolute Gasteiger partial charge is 0.103 e. The first-order valence-corrected chi connectivity index (χ1v) is 6.60. The molecule has 0 spiro atoms. The van der Waals surface area contributed by atoms with E-state index in [-0.39, 0.29) is 0 Å². The molecular formula is C14H24N2+2. The minimum Gasteiger partial charge on any atom is -0.346 e. The van der Waals surface area contributed by atoms with Crippen molar-refractivity contribution in [1.29, 1.82) is 0 Å². The molecule has 1 saturated heterocycles. The molecule has 1 aliphatic heterocycles. The van der Waals surface area contributed by atoms with Gasteiger partial charge < -0.3 is 10.2 Å². The van der Waals surface area contributed by atoms with Gasteiger partial charge in [0.25, 0.3) is 0 Å². The summed E-state index contributed by atoms with van der Waals surface area (Å²) in [5, 5.41) is 2.45. The Morgan fingerprint density at radius 2 is 1.88 bits per heavy atom. The van der Waals surface area contributed by atoms with Crippen LogP contribution in [0.5, 0.6) is 0 Å². The molecule has 0 saturated carbocycles. The van der Waals surface area contributed by atoms with Crippen molar-refractivity contribution in [2.24, 2.45) is 0 Å². The van der Waals surface area contributed by atoms with Crippen LogP contribution < -0.4 is 10.2 Å². The van der Waals surface area contributed by atoms with Gasteiger partial charge in [0.15, 0.2) is 0 Å². The summed E-state index contributed by atoms with van der Waals surface area (Å²) in [6.45, 7) is 7.41. The fraction of sp³-hybridized carbons (Fsp3) is 0.571. The summed E-state index contributed by atoms with van der Waals surface area (Å²) >= 11 is 0. The van der Waals surface area contributed by atoms with E-state index in [4.69, 9.17) is 0 Å². The molecule has 2 rings (SSSR count). The Kier molecular flexibility index (Phi) is 4.37. The Hall–Kier alpha value is -0.860. The minimum atomic E-state index is 0.884. The van der Waals surface area contributed by atoms with Crippen LogP contribution in [0.1, 0.15) is 25.3 Å². The maximum absolute atomic E-state index is 2.45. The number of quaternary nitrogens is 2. The summed E-state index contributed by atoms with van der Waals surface area (Å²) in [5.74, 6) is 0. The van der Waals surface area contributed by atoms with E-state index in [1.807, 2.05) is 0 Å². The van der Waals surface area contributed by atoms with Crippen molar-refractivity contribution in [2.45, 2.75) is 32.4 Å². The maximum Gasteiger partial charge on any atom is 0.103 e. The van der Waals surface area contributed by atoms with Crippen molar-refractivity contribution in [3.05, 3.63) is 35.9 Å². The molecule has 2 nitrogen and oxygen atoms in total. The number of benzene rings is 1. The number of hydrogen-bond donors (Lipinski definition) is 2. The monoisotopic (exact) mass is 220 g/mol. The van der Waals surface area contributed by atoms with Gasteiger partial charge in [0.1, 0.15) is 6.54 Å². The van der Waals surface area contributed by atoms with Crippen molar-refractivity contribution in [3.63, 3.8) is 0 Å². The minimum absolute atomic E-state index is 0.884. The molecule has 3 N–H and O–H groups in total. The molecule has 0 aliphatic carbocycles. The second-order valence-electron chi connectivity index (χ2n) is 4.81. The van der Waals surface area contributed by atoms with Gasteiger partial charge in [0.05, 0.1) is 25.7 Å². The summed E-state index contributed by atoms with van der Waals surface area (Å²) in [7, 11) is 0. The van der Waals surface area contributed by atoms with Crippen LogP contribution in [0, 0.1) is 0 Å². The molecule has 0 amide bonds. The van der Waals surface area contributed by atoms with Gasteiger partial charge in [-0.2, -0.15) is 0 Å². The van der Waals surface area contributed by atoms with Crippen LogP contribution in [0.3, 0.4) is 0 Å². The lowest BCUT2D eigenvalue weighted by molar-refractivity contribution is -0.944. The van der Waals surface area contributed by atoms with Gasteiger partial charge in [-0.25, -0.2) is 0 Å². The number of rotatable bonds is 4. The van der Waals surface area contributed by atoms with Crippen LogP contribution >= 0.6 is 0 Å². The van der Waals surface area contributed by atoms with E-state index >= 15 is 0 Å². The van der Waals surface area contributed by atoms with Crippen molar-refractivity contribution in [3.8, 4) is 0 Å². The number of nitrogens with two attached hydrogens (primary N) is 1. The van der Waals surface area contributed by atoms with Crippen LogP contribution in [-0.4, -0.2) is 25.7 Å². The van der Waals surface area contributed by atoms with E-state index in [0.29, 0.717) is 0 Å². The van der Waals surface area contributed by atoms with Crippen molar-refractivity contribution in [2.75, 3.05) is 19.6 Å². The molecule has 0 radical (unpaired) electrons. The number of hydrogen-bond acceptors (Lipinski definition) is 0. The average Bonchev–Trinajstić information content (AvgIpc) is 2.38. The number of nitrogens with one attached hydrogen (secondary N) is 1. The highest BCUT2D eigenvalue weighted by Crippen LogP contribution is 1.99. The SMILES string of the molecule is CC[NH+](Cc1ccccc1)C1CC[NH2+]CC1. The highest BCUT2D eigenvalue weighted by Gasteiger charge is 2.24. The van der Waals surface area contributed by atoms with Gasteiger partial charge in [-0.1, -0.05) is 30.3 Å². The standard InChI is InChI=1S/C14H22N2/c1-2-16(14-8-10-15-11-9-14)12-13-6-4-3-5-7-13/h3-7,14-15H,2,8-12H2,1H3/p+2. The van der Waals surface area contributed by atoms with Gasteiger partial charge >= 0.3 is 0 Å². The molecule has 88 valence electrons. The molecule has 16 heavy (non-hydrogen) atoms. The summed E-state index contributed by atoms with van der Waals surface area (Å²) in [6, 6.07) is 11.8. The average molecular weight is 220 g/mol. The normalized spacial score (nSPS) is 19.6. The van der Waals surface area contributed by atoms with Gasteiger partial charge in [0.2, 0.25) is 0 Å². The quantitative estimate of drug-likeness (QED) is 0.702. The second kappa shape index (κ2) is 6.02. The fourth-order valence-corrected chi connectivity index (χ4v) is 2.75. The molecule has 1 fully saturated rings. The zero-order valence-corrected chi connectivity index (χ0v) is 10.3. The topological polar surface area (TPSA) is 21.1 Å². The molecule has 1 aromatic rings. The molecule has 1 aromatic carbocycles. The predicted octanol–water partition coefficient (Wildman–Crippen LogP) is -0.183.